The number of benzene rings is 8. The zero-order valence-corrected chi connectivity index (χ0v) is 23.0. The predicted octanol–water partition coefficient (Wildman–Crippen LogP) is 12.0. The highest BCUT2D eigenvalue weighted by atomic mass is 16.3. The SMILES string of the molecule is [2H]c1c([2H])c([2H])c2c(-c3c4ccccc4c(-c4ccc5oc6ccccc6c5c4)c4ccccc34)c([2H])c([2H])c(-c3ccccc3)c2c1[2H]. The van der Waals surface area contributed by atoms with Crippen molar-refractivity contribution >= 4 is 54.3 Å². The van der Waals surface area contributed by atoms with Crippen molar-refractivity contribution in [1.82, 2.24) is 0 Å². The van der Waals surface area contributed by atoms with Crippen LogP contribution in [0.1, 0.15) is 8.22 Å². The highest BCUT2D eigenvalue weighted by molar-refractivity contribution is 6.24. The van der Waals surface area contributed by atoms with E-state index in [0.717, 1.165) is 54.6 Å². The largest absolute Gasteiger partial charge is 0.456 e. The highest BCUT2D eigenvalue weighted by Gasteiger charge is 2.19. The second-order valence-electron chi connectivity index (χ2n) is 10.8. The Bertz CT molecular complexity index is 2780. The number of hydrogen-bond acceptors (Lipinski definition) is 1. The fourth-order valence-corrected chi connectivity index (χ4v) is 6.54. The van der Waals surface area contributed by atoms with E-state index in [1.807, 2.05) is 91.0 Å². The number of furan rings is 1. The molecule has 1 heteroatoms. The molecule has 0 bridgehead atoms. The van der Waals surface area contributed by atoms with Crippen LogP contribution in [0, 0.1) is 0 Å². The molecule has 0 aliphatic carbocycles. The standard InChI is InChI=1S/C42H26O/c1-2-12-27(13-3-1)29-23-24-37(31-15-5-4-14-30(29)31)42-35-19-8-6-17-33(35)41(34-18-7-9-20-36(34)42)28-22-25-40-38(26-28)32-16-10-11-21-39(32)43-40/h1-26H/i4D,5D,14D,15D,23D,24D. The lowest BCUT2D eigenvalue weighted by Gasteiger charge is -2.19. The summed E-state index contributed by atoms with van der Waals surface area (Å²) >= 11 is 0. The molecule has 0 fully saturated rings. The van der Waals surface area contributed by atoms with Crippen molar-refractivity contribution in [2.75, 3.05) is 0 Å². The molecule has 0 saturated carbocycles. The highest BCUT2D eigenvalue weighted by Crippen LogP contribution is 2.47. The molecule has 0 atom stereocenters. The molecule has 1 heterocycles. The molecule has 9 rings (SSSR count). The fourth-order valence-electron chi connectivity index (χ4n) is 6.54. The number of fused-ring (bicyclic) bond motifs is 6. The summed E-state index contributed by atoms with van der Waals surface area (Å²) in [5.74, 6) is 0. The van der Waals surface area contributed by atoms with Gasteiger partial charge < -0.3 is 4.42 Å². The molecule has 8 aromatic carbocycles. The van der Waals surface area contributed by atoms with Crippen LogP contribution in [0.5, 0.6) is 0 Å². The minimum Gasteiger partial charge on any atom is -0.456 e. The van der Waals surface area contributed by atoms with Crippen molar-refractivity contribution in [1.29, 1.82) is 0 Å². The lowest BCUT2D eigenvalue weighted by atomic mass is 9.83. The maximum atomic E-state index is 9.56. The van der Waals surface area contributed by atoms with Crippen LogP contribution >= 0.6 is 0 Å². The van der Waals surface area contributed by atoms with Gasteiger partial charge in [0, 0.05) is 10.8 Å². The Morgan fingerprint density at radius 1 is 0.372 bits per heavy atom. The van der Waals surface area contributed by atoms with E-state index < -0.39 is 0 Å². The average molecular weight is 553 g/mol. The first kappa shape index (κ1) is 18.7. The van der Waals surface area contributed by atoms with Gasteiger partial charge in [0.05, 0.1) is 8.22 Å². The van der Waals surface area contributed by atoms with Crippen molar-refractivity contribution in [3.05, 3.63) is 158 Å². The Balaban J connectivity index is 1.46. The zero-order chi connectivity index (χ0) is 33.6. The predicted molar refractivity (Wildman–Crippen MR) is 183 cm³/mol. The molecule has 0 aliphatic rings. The van der Waals surface area contributed by atoms with Crippen LogP contribution in [0.15, 0.2) is 162 Å². The van der Waals surface area contributed by atoms with E-state index in [4.69, 9.17) is 8.53 Å². The van der Waals surface area contributed by atoms with Crippen LogP contribution in [0.3, 0.4) is 0 Å². The van der Waals surface area contributed by atoms with Crippen molar-refractivity contribution in [3.63, 3.8) is 0 Å². The fraction of sp³-hybridized carbons (Fsp3) is 0. The Morgan fingerprint density at radius 3 is 1.60 bits per heavy atom. The van der Waals surface area contributed by atoms with Gasteiger partial charge in [0.1, 0.15) is 11.2 Å². The van der Waals surface area contributed by atoms with Crippen LogP contribution in [0.4, 0.5) is 0 Å². The van der Waals surface area contributed by atoms with Gasteiger partial charge in [-0.05, 0) is 83.9 Å². The monoisotopic (exact) mass is 552 g/mol. The maximum Gasteiger partial charge on any atom is 0.135 e. The van der Waals surface area contributed by atoms with Crippen molar-refractivity contribution in [2.24, 2.45) is 0 Å². The molecule has 200 valence electrons. The maximum absolute atomic E-state index is 9.56. The third-order valence-electron chi connectivity index (χ3n) is 8.41. The summed E-state index contributed by atoms with van der Waals surface area (Å²) in [6.07, 6.45) is 0. The van der Waals surface area contributed by atoms with Gasteiger partial charge in [0.2, 0.25) is 0 Å². The topological polar surface area (TPSA) is 13.1 Å². The molecule has 43 heavy (non-hydrogen) atoms. The number of para-hydroxylation sites is 1. The Morgan fingerprint density at radius 2 is 0.907 bits per heavy atom. The Kier molecular flexibility index (Phi) is 4.11. The molecule has 1 nitrogen and oxygen atoms in total. The average Bonchev–Trinajstić information content (AvgIpc) is 3.51. The summed E-state index contributed by atoms with van der Waals surface area (Å²) in [4.78, 5) is 0. The summed E-state index contributed by atoms with van der Waals surface area (Å²) in [6, 6.07) is 37.9. The van der Waals surface area contributed by atoms with Gasteiger partial charge in [-0.3, -0.25) is 0 Å². The molecule has 0 N–H and O–H groups in total. The summed E-state index contributed by atoms with van der Waals surface area (Å²) < 4.78 is 60.7. The minimum absolute atomic E-state index is 0.0896. The van der Waals surface area contributed by atoms with Gasteiger partial charge in [0.15, 0.2) is 0 Å². The first-order valence-electron chi connectivity index (χ1n) is 17.3. The third-order valence-corrected chi connectivity index (χ3v) is 8.41. The summed E-state index contributed by atoms with van der Waals surface area (Å²) in [5, 5.41) is 6.01. The normalized spacial score (nSPS) is 13.7. The molecule has 9 aromatic rings. The van der Waals surface area contributed by atoms with Crippen LogP contribution in [0.25, 0.3) is 87.6 Å². The minimum atomic E-state index is -0.374. The number of hydrogen-bond donors (Lipinski definition) is 0. The molecule has 0 spiro atoms. The third kappa shape index (κ3) is 3.65. The Hall–Kier alpha value is -5.66. The van der Waals surface area contributed by atoms with Gasteiger partial charge in [-0.1, -0.05) is 139 Å². The van der Waals surface area contributed by atoms with E-state index in [-0.39, 0.29) is 47.0 Å². The lowest BCUT2D eigenvalue weighted by molar-refractivity contribution is 0.669. The van der Waals surface area contributed by atoms with E-state index in [9.17, 15) is 4.11 Å². The lowest BCUT2D eigenvalue weighted by Crippen LogP contribution is -1.92. The van der Waals surface area contributed by atoms with Crippen molar-refractivity contribution in [2.45, 2.75) is 0 Å². The van der Waals surface area contributed by atoms with Crippen molar-refractivity contribution in [3.8, 4) is 33.4 Å². The van der Waals surface area contributed by atoms with Crippen LogP contribution in [0.2, 0.25) is 0 Å². The quantitative estimate of drug-likeness (QED) is 0.199. The van der Waals surface area contributed by atoms with Gasteiger partial charge >= 0.3 is 0 Å². The van der Waals surface area contributed by atoms with E-state index in [2.05, 4.69) is 30.3 Å². The second kappa shape index (κ2) is 9.44. The molecule has 0 aliphatic heterocycles. The smallest absolute Gasteiger partial charge is 0.135 e. The van der Waals surface area contributed by atoms with Gasteiger partial charge in [-0.2, -0.15) is 0 Å². The summed E-state index contributed by atoms with van der Waals surface area (Å²) in [5.41, 5.74) is 5.56. The van der Waals surface area contributed by atoms with E-state index >= 15 is 0 Å². The molecule has 1 aromatic heterocycles. The van der Waals surface area contributed by atoms with Gasteiger partial charge in [-0.25, -0.2) is 0 Å². The second-order valence-corrected chi connectivity index (χ2v) is 10.8. The van der Waals surface area contributed by atoms with Crippen LogP contribution in [-0.4, -0.2) is 0 Å². The van der Waals surface area contributed by atoms with Gasteiger partial charge in [-0.15, -0.1) is 0 Å². The van der Waals surface area contributed by atoms with Gasteiger partial charge in [0.25, 0.3) is 0 Å². The van der Waals surface area contributed by atoms with Crippen molar-refractivity contribution < 1.29 is 12.6 Å². The Labute approximate surface area is 257 Å². The first-order valence-corrected chi connectivity index (χ1v) is 14.3. The van der Waals surface area contributed by atoms with E-state index in [0.29, 0.717) is 22.3 Å². The molecular weight excluding hydrogens is 520 g/mol. The van der Waals surface area contributed by atoms with Crippen LogP contribution < -0.4 is 0 Å². The number of rotatable bonds is 3. The van der Waals surface area contributed by atoms with E-state index in [1.54, 1.807) is 0 Å². The molecule has 0 unspecified atom stereocenters. The molecule has 0 amide bonds. The molecule has 0 saturated heterocycles. The zero-order valence-electron chi connectivity index (χ0n) is 29.0. The van der Waals surface area contributed by atoms with Crippen LogP contribution in [-0.2, 0) is 0 Å². The summed E-state index contributed by atoms with van der Waals surface area (Å²) in [6.45, 7) is 0. The molecular formula is C42H26O. The van der Waals surface area contributed by atoms with E-state index in [1.165, 1.54) is 0 Å². The summed E-state index contributed by atoms with van der Waals surface area (Å²) in [7, 11) is 0. The molecule has 0 radical (unpaired) electrons. The first-order chi connectivity index (χ1) is 23.8.